The highest BCUT2D eigenvalue weighted by molar-refractivity contribution is 6.06. The summed E-state index contributed by atoms with van der Waals surface area (Å²) >= 11 is 0. The summed E-state index contributed by atoms with van der Waals surface area (Å²) in [4.78, 5) is 25.0. The van der Waals surface area contributed by atoms with Gasteiger partial charge in [-0.3, -0.25) is 14.9 Å². The molecule has 7 nitrogen and oxygen atoms in total. The largest absolute Gasteiger partial charge is 0.308 e. The molecule has 0 N–H and O–H groups in total. The molecule has 138 valence electrons. The average Bonchev–Trinajstić information content (AvgIpc) is 3.15. The second kappa shape index (κ2) is 7.41. The number of benzene rings is 2. The number of aromatic nitrogens is 2. The van der Waals surface area contributed by atoms with Gasteiger partial charge in [-0.15, -0.1) is 0 Å². The summed E-state index contributed by atoms with van der Waals surface area (Å²) in [6.07, 6.45) is 3.15. The molecule has 27 heavy (non-hydrogen) atoms. The average molecular weight is 364 g/mol. The van der Waals surface area contributed by atoms with Crippen molar-refractivity contribution in [2.45, 2.75) is 20.8 Å². The third-order valence-electron chi connectivity index (χ3n) is 4.37. The molecular formula is C20H20N4O3. The monoisotopic (exact) mass is 364 g/mol. The van der Waals surface area contributed by atoms with Crippen molar-refractivity contribution in [3.63, 3.8) is 0 Å². The fraction of sp³-hybridized carbons (Fsp3) is 0.200. The van der Waals surface area contributed by atoms with Gasteiger partial charge in [0.15, 0.2) is 0 Å². The van der Waals surface area contributed by atoms with Gasteiger partial charge in [0.25, 0.3) is 11.6 Å². The van der Waals surface area contributed by atoms with Crippen LogP contribution in [0, 0.1) is 24.0 Å². The van der Waals surface area contributed by atoms with E-state index in [1.807, 2.05) is 39.0 Å². The fourth-order valence-electron chi connectivity index (χ4n) is 2.89. The van der Waals surface area contributed by atoms with Gasteiger partial charge in [0, 0.05) is 30.6 Å². The molecule has 3 rings (SSSR count). The zero-order valence-electron chi connectivity index (χ0n) is 15.4. The number of aryl methyl sites for hydroxylation is 2. The van der Waals surface area contributed by atoms with E-state index in [-0.39, 0.29) is 11.6 Å². The van der Waals surface area contributed by atoms with Gasteiger partial charge in [-0.2, -0.15) is 5.10 Å². The number of carbonyl (C=O) groups excluding carboxylic acids is 1. The molecule has 0 aliphatic rings. The van der Waals surface area contributed by atoms with Crippen LogP contribution < -0.4 is 4.90 Å². The van der Waals surface area contributed by atoms with Crippen LogP contribution in [-0.4, -0.2) is 27.2 Å². The highest BCUT2D eigenvalue weighted by atomic mass is 16.6. The van der Waals surface area contributed by atoms with Crippen LogP contribution in [-0.2, 0) is 0 Å². The third-order valence-corrected chi connectivity index (χ3v) is 4.37. The summed E-state index contributed by atoms with van der Waals surface area (Å²) in [5.41, 5.74) is 4.10. The maximum atomic E-state index is 13.0. The Balaban J connectivity index is 1.89. The van der Waals surface area contributed by atoms with Crippen LogP contribution in [0.15, 0.2) is 54.9 Å². The topological polar surface area (TPSA) is 81.3 Å². The Morgan fingerprint density at radius 3 is 2.52 bits per heavy atom. The van der Waals surface area contributed by atoms with Gasteiger partial charge < -0.3 is 4.90 Å². The van der Waals surface area contributed by atoms with Crippen molar-refractivity contribution >= 4 is 17.3 Å². The molecule has 1 aromatic heterocycles. The van der Waals surface area contributed by atoms with E-state index in [9.17, 15) is 14.9 Å². The maximum absolute atomic E-state index is 13.0. The molecule has 0 unspecified atom stereocenters. The first-order valence-electron chi connectivity index (χ1n) is 8.59. The Morgan fingerprint density at radius 1 is 1.19 bits per heavy atom. The summed E-state index contributed by atoms with van der Waals surface area (Å²) in [6, 6.07) is 12.0. The van der Waals surface area contributed by atoms with Crippen LogP contribution in [0.2, 0.25) is 0 Å². The second-order valence-electron chi connectivity index (χ2n) is 6.29. The molecule has 3 aromatic rings. The molecule has 1 heterocycles. The first-order chi connectivity index (χ1) is 12.9. The standard InChI is InChI=1S/C20H20N4O3/c1-4-22(19-11-14(2)5-6-15(19)3)20(25)16-12-21-23(13-16)17-7-9-18(10-8-17)24(26)27/h5-13H,4H2,1-3H3. The molecule has 0 saturated carbocycles. The molecule has 0 saturated heterocycles. The normalized spacial score (nSPS) is 10.6. The van der Waals surface area contributed by atoms with E-state index in [2.05, 4.69) is 5.10 Å². The molecule has 0 atom stereocenters. The smallest absolute Gasteiger partial charge is 0.269 e. The van der Waals surface area contributed by atoms with Crippen molar-refractivity contribution in [1.29, 1.82) is 0 Å². The number of hydrogen-bond donors (Lipinski definition) is 0. The van der Waals surface area contributed by atoms with Crippen LogP contribution in [0.1, 0.15) is 28.4 Å². The van der Waals surface area contributed by atoms with Gasteiger partial charge in [-0.25, -0.2) is 4.68 Å². The first kappa shape index (κ1) is 18.3. The number of hydrogen-bond acceptors (Lipinski definition) is 4. The van der Waals surface area contributed by atoms with E-state index in [1.165, 1.54) is 23.0 Å². The molecule has 2 aromatic carbocycles. The van der Waals surface area contributed by atoms with Crippen LogP contribution in [0.3, 0.4) is 0 Å². The van der Waals surface area contributed by atoms with Crippen LogP contribution in [0.4, 0.5) is 11.4 Å². The van der Waals surface area contributed by atoms with Gasteiger partial charge in [0.05, 0.1) is 22.4 Å². The molecule has 0 aliphatic carbocycles. The van der Waals surface area contributed by atoms with Gasteiger partial charge in [-0.1, -0.05) is 12.1 Å². The minimum Gasteiger partial charge on any atom is -0.308 e. The Hall–Kier alpha value is -3.48. The van der Waals surface area contributed by atoms with Gasteiger partial charge in [0.1, 0.15) is 0 Å². The SMILES string of the molecule is CCN(C(=O)c1cnn(-c2ccc([N+](=O)[O-])cc2)c1)c1cc(C)ccc1C. The van der Waals surface area contributed by atoms with E-state index < -0.39 is 4.92 Å². The van der Waals surface area contributed by atoms with Crippen molar-refractivity contribution in [2.75, 3.05) is 11.4 Å². The number of non-ortho nitro benzene ring substituents is 1. The predicted molar refractivity (Wildman–Crippen MR) is 103 cm³/mol. The lowest BCUT2D eigenvalue weighted by molar-refractivity contribution is -0.384. The molecule has 7 heteroatoms. The van der Waals surface area contributed by atoms with E-state index in [4.69, 9.17) is 0 Å². The number of carbonyl (C=O) groups is 1. The number of nitrogens with zero attached hydrogens (tertiary/aromatic N) is 4. The van der Waals surface area contributed by atoms with Crippen LogP contribution in [0.25, 0.3) is 5.69 Å². The highest BCUT2D eigenvalue weighted by Gasteiger charge is 2.20. The minimum absolute atomic E-state index is 0.00860. The lowest BCUT2D eigenvalue weighted by Gasteiger charge is -2.23. The molecule has 0 aliphatic heterocycles. The summed E-state index contributed by atoms with van der Waals surface area (Å²) in [5, 5.41) is 15.0. The number of nitro benzene ring substituents is 1. The molecule has 0 radical (unpaired) electrons. The summed E-state index contributed by atoms with van der Waals surface area (Å²) in [7, 11) is 0. The zero-order chi connectivity index (χ0) is 19.6. The molecule has 1 amide bonds. The van der Waals surface area contributed by atoms with E-state index in [0.29, 0.717) is 17.8 Å². The first-order valence-corrected chi connectivity index (χ1v) is 8.59. The Morgan fingerprint density at radius 2 is 1.89 bits per heavy atom. The summed E-state index contributed by atoms with van der Waals surface area (Å²) in [6.45, 7) is 6.44. The molecular weight excluding hydrogens is 344 g/mol. The Bertz CT molecular complexity index is 993. The van der Waals surface area contributed by atoms with Crippen LogP contribution >= 0.6 is 0 Å². The van der Waals surface area contributed by atoms with Gasteiger partial charge in [0.2, 0.25) is 0 Å². The van der Waals surface area contributed by atoms with Gasteiger partial charge >= 0.3 is 0 Å². The lowest BCUT2D eigenvalue weighted by atomic mass is 10.1. The van der Waals surface area contributed by atoms with E-state index in [0.717, 1.165) is 16.8 Å². The lowest BCUT2D eigenvalue weighted by Crippen LogP contribution is -2.31. The number of rotatable bonds is 5. The number of amides is 1. The van der Waals surface area contributed by atoms with Crippen molar-refractivity contribution in [1.82, 2.24) is 9.78 Å². The van der Waals surface area contributed by atoms with E-state index >= 15 is 0 Å². The molecule has 0 spiro atoms. The number of nitro groups is 1. The Labute approximate surface area is 157 Å². The number of anilines is 1. The molecule has 0 bridgehead atoms. The quantitative estimate of drug-likeness (QED) is 0.505. The molecule has 0 fully saturated rings. The van der Waals surface area contributed by atoms with Gasteiger partial charge in [-0.05, 0) is 50.1 Å². The summed E-state index contributed by atoms with van der Waals surface area (Å²) < 4.78 is 1.54. The van der Waals surface area contributed by atoms with Crippen molar-refractivity contribution in [2.24, 2.45) is 0 Å². The fourth-order valence-corrected chi connectivity index (χ4v) is 2.89. The second-order valence-corrected chi connectivity index (χ2v) is 6.29. The Kier molecular flexibility index (Phi) is 5.03. The highest BCUT2D eigenvalue weighted by Crippen LogP contribution is 2.24. The van der Waals surface area contributed by atoms with Crippen molar-refractivity contribution < 1.29 is 9.72 Å². The zero-order valence-corrected chi connectivity index (χ0v) is 15.4. The van der Waals surface area contributed by atoms with Crippen molar-refractivity contribution in [3.8, 4) is 5.69 Å². The van der Waals surface area contributed by atoms with E-state index in [1.54, 1.807) is 23.2 Å². The maximum Gasteiger partial charge on any atom is 0.269 e. The van der Waals surface area contributed by atoms with Crippen LogP contribution in [0.5, 0.6) is 0 Å². The predicted octanol–water partition coefficient (Wildman–Crippen LogP) is 4.06. The summed E-state index contributed by atoms with van der Waals surface area (Å²) in [5.74, 6) is -0.139. The minimum atomic E-state index is -0.453. The van der Waals surface area contributed by atoms with Crippen molar-refractivity contribution in [3.05, 3.63) is 81.7 Å². The third kappa shape index (κ3) is 3.72.